The fourth-order valence-corrected chi connectivity index (χ4v) is 1.97. The van der Waals surface area contributed by atoms with Crippen LogP contribution < -0.4 is 16.0 Å². The van der Waals surface area contributed by atoms with E-state index in [2.05, 4.69) is 16.0 Å². The third kappa shape index (κ3) is 4.66. The van der Waals surface area contributed by atoms with Crippen LogP contribution in [0.1, 0.15) is 18.2 Å². The summed E-state index contributed by atoms with van der Waals surface area (Å²) in [5.41, 5.74) is 2.02. The molecule has 0 aliphatic heterocycles. The van der Waals surface area contributed by atoms with Gasteiger partial charge in [-0.25, -0.2) is 4.79 Å². The van der Waals surface area contributed by atoms with E-state index >= 15 is 0 Å². The number of furan rings is 1. The number of rotatable bonds is 6. The van der Waals surface area contributed by atoms with Gasteiger partial charge in [0.25, 0.3) is 0 Å². The number of hydrogen-bond donors (Lipinski definition) is 3. The van der Waals surface area contributed by atoms with E-state index in [0.717, 1.165) is 17.7 Å². The maximum atomic E-state index is 11.7. The van der Waals surface area contributed by atoms with Gasteiger partial charge in [-0.2, -0.15) is 0 Å². The van der Waals surface area contributed by atoms with Gasteiger partial charge in [0, 0.05) is 5.69 Å². The van der Waals surface area contributed by atoms with Gasteiger partial charge in [-0.3, -0.25) is 10.1 Å². The van der Waals surface area contributed by atoms with Crippen molar-refractivity contribution in [1.29, 1.82) is 0 Å². The molecule has 0 aliphatic carbocycles. The highest BCUT2D eigenvalue weighted by Crippen LogP contribution is 2.14. The van der Waals surface area contributed by atoms with Crippen LogP contribution in [0.25, 0.3) is 0 Å². The van der Waals surface area contributed by atoms with Crippen molar-refractivity contribution in [3.05, 3.63) is 54.0 Å². The van der Waals surface area contributed by atoms with Gasteiger partial charge in [0.05, 0.1) is 19.4 Å². The summed E-state index contributed by atoms with van der Waals surface area (Å²) in [6, 6.07) is 10.7. The molecule has 6 heteroatoms. The molecule has 6 nitrogen and oxygen atoms in total. The molecule has 0 aliphatic rings. The minimum Gasteiger partial charge on any atom is -0.467 e. The number of aryl methyl sites for hydroxylation is 1. The van der Waals surface area contributed by atoms with Crippen LogP contribution in [0, 0.1) is 0 Å². The summed E-state index contributed by atoms with van der Waals surface area (Å²) in [5.74, 6) is 0.223. The van der Waals surface area contributed by atoms with Gasteiger partial charge in [-0.05, 0) is 30.2 Å². The van der Waals surface area contributed by atoms with Crippen molar-refractivity contribution in [2.24, 2.45) is 0 Å². The summed E-state index contributed by atoms with van der Waals surface area (Å²) >= 11 is 0. The molecule has 0 bridgehead atoms. The molecule has 0 radical (unpaired) electrons. The largest absolute Gasteiger partial charge is 0.467 e. The second-order valence-corrected chi connectivity index (χ2v) is 4.67. The van der Waals surface area contributed by atoms with E-state index < -0.39 is 11.9 Å². The Morgan fingerprint density at radius 1 is 1.14 bits per heavy atom. The third-order valence-corrected chi connectivity index (χ3v) is 3.09. The lowest BCUT2D eigenvalue weighted by Gasteiger charge is -2.10. The first-order valence-electron chi connectivity index (χ1n) is 7.11. The number of carbonyl (C=O) groups excluding carboxylic acids is 2. The second kappa shape index (κ2) is 7.87. The van der Waals surface area contributed by atoms with Crippen LogP contribution in [0.5, 0.6) is 0 Å². The minimum atomic E-state index is -0.549. The van der Waals surface area contributed by atoms with Crippen molar-refractivity contribution < 1.29 is 14.0 Å². The molecule has 0 atom stereocenters. The van der Waals surface area contributed by atoms with E-state index in [1.807, 2.05) is 31.2 Å². The van der Waals surface area contributed by atoms with Gasteiger partial charge in [0.1, 0.15) is 5.76 Å². The summed E-state index contributed by atoms with van der Waals surface area (Å²) in [5, 5.41) is 7.83. The monoisotopic (exact) mass is 301 g/mol. The highest BCUT2D eigenvalue weighted by molar-refractivity contribution is 5.96. The molecule has 0 unspecified atom stereocenters. The van der Waals surface area contributed by atoms with Gasteiger partial charge in [0.2, 0.25) is 5.91 Å². The number of para-hydroxylation sites is 1. The lowest BCUT2D eigenvalue weighted by Crippen LogP contribution is -2.41. The molecule has 3 amide bonds. The Morgan fingerprint density at radius 2 is 1.95 bits per heavy atom. The zero-order valence-electron chi connectivity index (χ0n) is 12.4. The topological polar surface area (TPSA) is 83.4 Å². The van der Waals surface area contributed by atoms with E-state index in [1.165, 1.54) is 6.26 Å². The molecule has 0 saturated heterocycles. The Balaban J connectivity index is 1.74. The quantitative estimate of drug-likeness (QED) is 0.764. The van der Waals surface area contributed by atoms with Gasteiger partial charge >= 0.3 is 6.03 Å². The average molecular weight is 301 g/mol. The number of anilines is 1. The van der Waals surface area contributed by atoms with E-state index in [9.17, 15) is 9.59 Å². The second-order valence-electron chi connectivity index (χ2n) is 4.67. The molecule has 22 heavy (non-hydrogen) atoms. The van der Waals surface area contributed by atoms with Crippen LogP contribution in [0.15, 0.2) is 47.1 Å². The maximum Gasteiger partial charge on any atom is 0.321 e. The molecule has 1 heterocycles. The van der Waals surface area contributed by atoms with E-state index in [1.54, 1.807) is 12.1 Å². The van der Waals surface area contributed by atoms with E-state index in [-0.39, 0.29) is 13.1 Å². The molecule has 2 rings (SSSR count). The number of hydrogen-bond acceptors (Lipinski definition) is 4. The normalized spacial score (nSPS) is 10.0. The summed E-state index contributed by atoms with van der Waals surface area (Å²) in [6.45, 7) is 2.31. The number of benzene rings is 1. The SMILES string of the molecule is CCc1ccccc1NCC(=O)NC(=O)NCc1ccco1. The summed E-state index contributed by atoms with van der Waals surface area (Å²) in [7, 11) is 0. The zero-order chi connectivity index (χ0) is 15.8. The number of amides is 3. The lowest BCUT2D eigenvalue weighted by molar-refractivity contribution is -0.118. The lowest BCUT2D eigenvalue weighted by atomic mass is 10.1. The Labute approximate surface area is 128 Å². The Hall–Kier alpha value is -2.76. The van der Waals surface area contributed by atoms with Crippen LogP contribution in [0.3, 0.4) is 0 Å². The van der Waals surface area contributed by atoms with Crippen LogP contribution in [-0.2, 0) is 17.8 Å². The van der Waals surface area contributed by atoms with E-state index in [0.29, 0.717) is 5.76 Å². The van der Waals surface area contributed by atoms with Crippen molar-refractivity contribution in [3.8, 4) is 0 Å². The fourth-order valence-electron chi connectivity index (χ4n) is 1.97. The molecule has 3 N–H and O–H groups in total. The van der Waals surface area contributed by atoms with Crippen LogP contribution in [0.4, 0.5) is 10.5 Å². The average Bonchev–Trinajstić information content (AvgIpc) is 3.04. The zero-order valence-corrected chi connectivity index (χ0v) is 12.4. The van der Waals surface area contributed by atoms with Gasteiger partial charge in [0.15, 0.2) is 0 Å². The van der Waals surface area contributed by atoms with Gasteiger partial charge < -0.3 is 15.1 Å². The first-order valence-corrected chi connectivity index (χ1v) is 7.11. The van der Waals surface area contributed by atoms with Crippen molar-refractivity contribution in [2.45, 2.75) is 19.9 Å². The Kier molecular flexibility index (Phi) is 5.59. The van der Waals surface area contributed by atoms with Crippen LogP contribution >= 0.6 is 0 Å². The van der Waals surface area contributed by atoms with E-state index in [4.69, 9.17) is 4.42 Å². The van der Waals surface area contributed by atoms with Crippen molar-refractivity contribution in [3.63, 3.8) is 0 Å². The predicted molar refractivity (Wildman–Crippen MR) is 83.4 cm³/mol. The predicted octanol–water partition coefficient (Wildman–Crippen LogP) is 2.28. The van der Waals surface area contributed by atoms with Crippen LogP contribution in [-0.4, -0.2) is 18.5 Å². The van der Waals surface area contributed by atoms with Gasteiger partial charge in [-0.1, -0.05) is 25.1 Å². The molecule has 1 aromatic carbocycles. The molecule has 1 aromatic heterocycles. The highest BCUT2D eigenvalue weighted by atomic mass is 16.3. The van der Waals surface area contributed by atoms with Crippen molar-refractivity contribution in [2.75, 3.05) is 11.9 Å². The van der Waals surface area contributed by atoms with Crippen LogP contribution in [0.2, 0.25) is 0 Å². The smallest absolute Gasteiger partial charge is 0.321 e. The minimum absolute atomic E-state index is 0.0329. The fraction of sp³-hybridized carbons (Fsp3) is 0.250. The Morgan fingerprint density at radius 3 is 2.68 bits per heavy atom. The molecule has 0 saturated carbocycles. The number of nitrogens with one attached hydrogen (secondary N) is 3. The molecule has 116 valence electrons. The molecule has 0 fully saturated rings. The summed E-state index contributed by atoms with van der Waals surface area (Å²) < 4.78 is 5.08. The summed E-state index contributed by atoms with van der Waals surface area (Å²) in [6.07, 6.45) is 2.39. The summed E-state index contributed by atoms with van der Waals surface area (Å²) in [4.78, 5) is 23.3. The first kappa shape index (κ1) is 15.6. The van der Waals surface area contributed by atoms with Crippen molar-refractivity contribution >= 4 is 17.6 Å². The van der Waals surface area contributed by atoms with Crippen molar-refractivity contribution in [1.82, 2.24) is 10.6 Å². The maximum absolute atomic E-state index is 11.7. The molecule has 0 spiro atoms. The highest BCUT2D eigenvalue weighted by Gasteiger charge is 2.08. The number of urea groups is 1. The molecule has 2 aromatic rings. The molecular formula is C16H19N3O3. The van der Waals surface area contributed by atoms with Gasteiger partial charge in [-0.15, -0.1) is 0 Å². The Bertz CT molecular complexity index is 623. The number of carbonyl (C=O) groups is 2. The third-order valence-electron chi connectivity index (χ3n) is 3.09. The standard InChI is InChI=1S/C16H19N3O3/c1-2-12-6-3-4-8-14(12)17-11-15(20)19-16(21)18-10-13-7-5-9-22-13/h3-9,17H,2,10-11H2,1H3,(H2,18,19,20,21). The molecular weight excluding hydrogens is 282 g/mol. The first-order chi connectivity index (χ1) is 10.7. The number of imide groups is 1.